The van der Waals surface area contributed by atoms with E-state index in [0.717, 1.165) is 0 Å². The van der Waals surface area contributed by atoms with Gasteiger partial charge in [-0.3, -0.25) is 4.79 Å². The Kier molecular flexibility index (Phi) is 5.11. The van der Waals surface area contributed by atoms with Gasteiger partial charge in [-0.15, -0.1) is 0 Å². The standard InChI is InChI=1S/C12H22FN3O3/c1-12(2,7-17)15-11(19)16-4-3-8(5-10(14)18)9(13)6-16/h8-9,17H,3-7H2,1-2H3,(H2,14,18)(H,15,19). The molecule has 4 N–H and O–H groups in total. The van der Waals surface area contributed by atoms with Crippen molar-refractivity contribution in [3.63, 3.8) is 0 Å². The minimum absolute atomic E-state index is 0.0127. The van der Waals surface area contributed by atoms with E-state index < -0.39 is 29.6 Å². The maximum absolute atomic E-state index is 13.9. The number of aliphatic hydroxyl groups is 1. The van der Waals surface area contributed by atoms with E-state index in [2.05, 4.69) is 5.32 Å². The molecule has 1 aliphatic rings. The summed E-state index contributed by atoms with van der Waals surface area (Å²) in [6.45, 7) is 3.49. The first-order chi connectivity index (χ1) is 8.75. The molecule has 110 valence electrons. The van der Waals surface area contributed by atoms with Gasteiger partial charge in [-0.1, -0.05) is 0 Å². The molecule has 0 aliphatic carbocycles. The minimum Gasteiger partial charge on any atom is -0.394 e. The number of rotatable bonds is 4. The molecule has 2 atom stereocenters. The van der Waals surface area contributed by atoms with Crippen molar-refractivity contribution >= 4 is 11.9 Å². The number of nitrogens with zero attached hydrogens (tertiary/aromatic N) is 1. The third kappa shape index (κ3) is 4.66. The van der Waals surface area contributed by atoms with Gasteiger partial charge in [0.2, 0.25) is 5.91 Å². The molecule has 1 saturated heterocycles. The predicted octanol–water partition coefficient (Wildman–Crippen LogP) is 0.00230. The number of aliphatic hydroxyl groups excluding tert-OH is 1. The highest BCUT2D eigenvalue weighted by Gasteiger charge is 2.33. The first kappa shape index (κ1) is 15.7. The van der Waals surface area contributed by atoms with Crippen LogP contribution in [0.1, 0.15) is 26.7 Å². The molecule has 0 radical (unpaired) electrons. The smallest absolute Gasteiger partial charge is 0.317 e. The van der Waals surface area contributed by atoms with Gasteiger partial charge < -0.3 is 21.1 Å². The minimum atomic E-state index is -1.25. The molecule has 1 aliphatic heterocycles. The Morgan fingerprint density at radius 3 is 2.63 bits per heavy atom. The Balaban J connectivity index is 2.51. The summed E-state index contributed by atoms with van der Waals surface area (Å²) in [5, 5.41) is 11.7. The molecule has 0 spiro atoms. The van der Waals surface area contributed by atoms with Gasteiger partial charge in [0, 0.05) is 18.9 Å². The first-order valence-corrected chi connectivity index (χ1v) is 6.35. The van der Waals surface area contributed by atoms with Crippen LogP contribution >= 0.6 is 0 Å². The lowest BCUT2D eigenvalue weighted by Crippen LogP contribution is -2.55. The van der Waals surface area contributed by atoms with Crippen LogP contribution in [-0.2, 0) is 4.79 Å². The maximum Gasteiger partial charge on any atom is 0.317 e. The van der Waals surface area contributed by atoms with Crippen molar-refractivity contribution in [1.82, 2.24) is 10.2 Å². The normalized spacial score (nSPS) is 24.1. The third-order valence-corrected chi connectivity index (χ3v) is 3.27. The van der Waals surface area contributed by atoms with Crippen LogP contribution in [-0.4, -0.2) is 53.4 Å². The number of primary amides is 1. The number of piperidine rings is 1. The number of hydrogen-bond acceptors (Lipinski definition) is 3. The number of carbonyl (C=O) groups excluding carboxylic acids is 2. The van der Waals surface area contributed by atoms with Crippen LogP contribution in [0.3, 0.4) is 0 Å². The van der Waals surface area contributed by atoms with Gasteiger partial charge in [-0.05, 0) is 20.3 Å². The summed E-state index contributed by atoms with van der Waals surface area (Å²) in [6.07, 6.45) is -0.820. The van der Waals surface area contributed by atoms with E-state index in [0.29, 0.717) is 13.0 Å². The van der Waals surface area contributed by atoms with Gasteiger partial charge in [-0.2, -0.15) is 0 Å². The van der Waals surface area contributed by atoms with Crippen molar-refractivity contribution in [2.75, 3.05) is 19.7 Å². The number of alkyl halides is 1. The monoisotopic (exact) mass is 275 g/mol. The number of nitrogens with two attached hydrogens (primary N) is 1. The average Bonchev–Trinajstić information content (AvgIpc) is 2.30. The van der Waals surface area contributed by atoms with E-state index in [-0.39, 0.29) is 19.6 Å². The second kappa shape index (κ2) is 6.18. The first-order valence-electron chi connectivity index (χ1n) is 6.35. The molecule has 0 aromatic heterocycles. The van der Waals surface area contributed by atoms with Gasteiger partial charge in [0.05, 0.1) is 18.7 Å². The molecule has 19 heavy (non-hydrogen) atoms. The number of halogens is 1. The van der Waals surface area contributed by atoms with Crippen LogP contribution in [0.5, 0.6) is 0 Å². The van der Waals surface area contributed by atoms with Crippen LogP contribution < -0.4 is 11.1 Å². The Bertz CT molecular complexity index is 349. The van der Waals surface area contributed by atoms with Crippen molar-refractivity contribution in [2.24, 2.45) is 11.7 Å². The molecule has 3 amide bonds. The highest BCUT2D eigenvalue weighted by atomic mass is 19.1. The van der Waals surface area contributed by atoms with Gasteiger partial charge in [0.25, 0.3) is 0 Å². The largest absolute Gasteiger partial charge is 0.394 e. The lowest BCUT2D eigenvalue weighted by molar-refractivity contribution is -0.119. The number of carbonyl (C=O) groups is 2. The fourth-order valence-corrected chi connectivity index (χ4v) is 2.03. The van der Waals surface area contributed by atoms with E-state index >= 15 is 0 Å². The highest BCUT2D eigenvalue weighted by molar-refractivity contribution is 5.76. The molecular weight excluding hydrogens is 253 g/mol. The number of likely N-dealkylation sites (tertiary alicyclic amines) is 1. The second-order valence-electron chi connectivity index (χ2n) is 5.65. The second-order valence-corrected chi connectivity index (χ2v) is 5.65. The van der Waals surface area contributed by atoms with Crippen LogP contribution in [0.4, 0.5) is 9.18 Å². The van der Waals surface area contributed by atoms with Crippen molar-refractivity contribution in [1.29, 1.82) is 0 Å². The van der Waals surface area contributed by atoms with Crippen LogP contribution in [0, 0.1) is 5.92 Å². The molecule has 0 bridgehead atoms. The van der Waals surface area contributed by atoms with Crippen LogP contribution in [0.2, 0.25) is 0 Å². The topological polar surface area (TPSA) is 95.7 Å². The van der Waals surface area contributed by atoms with E-state index in [1.807, 2.05) is 0 Å². The van der Waals surface area contributed by atoms with E-state index in [9.17, 15) is 14.0 Å². The Labute approximate surface area is 112 Å². The third-order valence-electron chi connectivity index (χ3n) is 3.27. The average molecular weight is 275 g/mol. The van der Waals surface area contributed by atoms with Crippen molar-refractivity contribution < 1.29 is 19.1 Å². The molecule has 1 heterocycles. The summed E-state index contributed by atoms with van der Waals surface area (Å²) in [4.78, 5) is 24.0. The quantitative estimate of drug-likeness (QED) is 0.674. The van der Waals surface area contributed by atoms with E-state index in [4.69, 9.17) is 10.8 Å². The molecule has 2 unspecified atom stereocenters. The zero-order valence-electron chi connectivity index (χ0n) is 11.4. The molecule has 6 nitrogen and oxygen atoms in total. The zero-order chi connectivity index (χ0) is 14.6. The summed E-state index contributed by atoms with van der Waals surface area (Å²) < 4.78 is 13.9. The highest BCUT2D eigenvalue weighted by Crippen LogP contribution is 2.23. The van der Waals surface area contributed by atoms with E-state index in [1.54, 1.807) is 13.8 Å². The summed E-state index contributed by atoms with van der Waals surface area (Å²) >= 11 is 0. The number of nitrogens with one attached hydrogen (secondary N) is 1. The Morgan fingerprint density at radius 1 is 1.53 bits per heavy atom. The summed E-state index contributed by atoms with van der Waals surface area (Å²) in [6, 6.07) is -0.403. The van der Waals surface area contributed by atoms with E-state index in [1.165, 1.54) is 4.90 Å². The number of amides is 3. The van der Waals surface area contributed by atoms with Gasteiger partial charge in [0.1, 0.15) is 6.17 Å². The lowest BCUT2D eigenvalue weighted by Gasteiger charge is -2.36. The summed E-state index contributed by atoms with van der Waals surface area (Å²) in [7, 11) is 0. The fraction of sp³-hybridized carbons (Fsp3) is 0.833. The summed E-state index contributed by atoms with van der Waals surface area (Å²) in [5.41, 5.74) is 4.31. The Morgan fingerprint density at radius 2 is 2.16 bits per heavy atom. The van der Waals surface area contributed by atoms with Crippen LogP contribution in [0.25, 0.3) is 0 Å². The van der Waals surface area contributed by atoms with Crippen molar-refractivity contribution in [3.05, 3.63) is 0 Å². The number of hydrogen-bond donors (Lipinski definition) is 3. The van der Waals surface area contributed by atoms with Gasteiger partial charge >= 0.3 is 6.03 Å². The molecule has 1 rings (SSSR count). The lowest BCUT2D eigenvalue weighted by atomic mass is 9.91. The molecule has 0 aromatic carbocycles. The molecule has 1 fully saturated rings. The number of urea groups is 1. The van der Waals surface area contributed by atoms with Crippen molar-refractivity contribution in [2.45, 2.75) is 38.4 Å². The molecule has 0 saturated carbocycles. The molecule has 0 aromatic rings. The fourth-order valence-electron chi connectivity index (χ4n) is 2.03. The molecule has 7 heteroatoms. The van der Waals surface area contributed by atoms with Gasteiger partial charge in [-0.25, -0.2) is 9.18 Å². The summed E-state index contributed by atoms with van der Waals surface area (Å²) in [5.74, 6) is -0.931. The van der Waals surface area contributed by atoms with Crippen LogP contribution in [0.15, 0.2) is 0 Å². The maximum atomic E-state index is 13.9. The van der Waals surface area contributed by atoms with Crippen molar-refractivity contribution in [3.8, 4) is 0 Å². The Hall–Kier alpha value is -1.37. The zero-order valence-corrected chi connectivity index (χ0v) is 11.4. The molecular formula is C12H22FN3O3. The van der Waals surface area contributed by atoms with Gasteiger partial charge in [0.15, 0.2) is 0 Å². The predicted molar refractivity (Wildman–Crippen MR) is 68.1 cm³/mol. The SMILES string of the molecule is CC(C)(CO)NC(=O)N1CCC(CC(N)=O)C(F)C1.